The van der Waals surface area contributed by atoms with Gasteiger partial charge in [-0.1, -0.05) is 43.2 Å². The number of amides is 3. The van der Waals surface area contributed by atoms with E-state index in [9.17, 15) is 19.5 Å². The molecule has 0 spiro atoms. The highest BCUT2D eigenvalue weighted by atomic mass is 16.5. The third-order valence-electron chi connectivity index (χ3n) is 5.06. The Morgan fingerprint density at radius 3 is 2.45 bits per heavy atom. The first kappa shape index (κ1) is 22.8. The standard InChI is InChI=1S/C21H31N3O5/c1-29-18(11-17(25)13-23-20(27)16-9-5-6-10-16)21(28)24-14-19(26)22-12-15-7-3-2-4-8-15/h2-4,7-8,16-18,25H,5-6,9-14H2,1H3,(H,22,26)(H,23,27)(H,24,28)/t17-,18?/m0/s1. The quantitative estimate of drug-likeness (QED) is 0.428. The molecule has 0 aliphatic heterocycles. The zero-order valence-corrected chi connectivity index (χ0v) is 16.9. The largest absolute Gasteiger partial charge is 0.391 e. The van der Waals surface area contributed by atoms with Crippen molar-refractivity contribution in [2.75, 3.05) is 20.2 Å². The summed E-state index contributed by atoms with van der Waals surface area (Å²) in [4.78, 5) is 36.1. The lowest BCUT2D eigenvalue weighted by Crippen LogP contribution is -2.44. The fraction of sp³-hybridized carbons (Fsp3) is 0.571. The van der Waals surface area contributed by atoms with Crippen LogP contribution in [0.1, 0.15) is 37.7 Å². The van der Waals surface area contributed by atoms with Gasteiger partial charge in [-0.05, 0) is 18.4 Å². The Morgan fingerprint density at radius 2 is 1.79 bits per heavy atom. The molecule has 4 N–H and O–H groups in total. The SMILES string of the molecule is COC(C[C@H](O)CNC(=O)C1CCCC1)C(=O)NCC(=O)NCc1ccccc1. The molecule has 1 aromatic rings. The van der Waals surface area contributed by atoms with Gasteiger partial charge in [0.05, 0.1) is 12.6 Å². The number of methoxy groups -OCH3 is 1. The highest BCUT2D eigenvalue weighted by Gasteiger charge is 2.25. The monoisotopic (exact) mass is 405 g/mol. The molecular formula is C21H31N3O5. The Hall–Kier alpha value is -2.45. The van der Waals surface area contributed by atoms with Crippen LogP contribution in [0.25, 0.3) is 0 Å². The van der Waals surface area contributed by atoms with Crippen LogP contribution in [0.2, 0.25) is 0 Å². The molecule has 2 rings (SSSR count). The average molecular weight is 405 g/mol. The molecule has 3 amide bonds. The molecule has 0 heterocycles. The van der Waals surface area contributed by atoms with Crippen molar-refractivity contribution in [3.05, 3.63) is 35.9 Å². The first-order chi connectivity index (χ1) is 14.0. The van der Waals surface area contributed by atoms with Crippen LogP contribution in [-0.2, 0) is 25.7 Å². The van der Waals surface area contributed by atoms with E-state index >= 15 is 0 Å². The van der Waals surface area contributed by atoms with Crippen molar-refractivity contribution in [3.63, 3.8) is 0 Å². The average Bonchev–Trinajstić information content (AvgIpc) is 3.28. The van der Waals surface area contributed by atoms with Crippen LogP contribution in [0.5, 0.6) is 0 Å². The molecule has 1 aliphatic rings. The molecule has 1 aliphatic carbocycles. The number of benzene rings is 1. The summed E-state index contributed by atoms with van der Waals surface area (Å²) in [5.74, 6) is -0.821. The predicted molar refractivity (Wildman–Crippen MR) is 108 cm³/mol. The third kappa shape index (κ3) is 8.21. The first-order valence-electron chi connectivity index (χ1n) is 10.1. The van der Waals surface area contributed by atoms with E-state index in [-0.39, 0.29) is 37.2 Å². The topological polar surface area (TPSA) is 117 Å². The summed E-state index contributed by atoms with van der Waals surface area (Å²) in [6.07, 6.45) is 2.10. The van der Waals surface area contributed by atoms with Crippen LogP contribution in [0.3, 0.4) is 0 Å². The van der Waals surface area contributed by atoms with Gasteiger partial charge >= 0.3 is 0 Å². The van der Waals surface area contributed by atoms with Gasteiger partial charge in [0, 0.05) is 32.5 Å². The minimum absolute atomic E-state index is 0.0260. The molecule has 0 aromatic heterocycles. The second-order valence-corrected chi connectivity index (χ2v) is 7.32. The lowest BCUT2D eigenvalue weighted by Gasteiger charge is -2.19. The predicted octanol–water partition coefficient (Wildman–Crippen LogP) is 0.491. The second-order valence-electron chi connectivity index (χ2n) is 7.32. The van der Waals surface area contributed by atoms with Gasteiger partial charge in [-0.25, -0.2) is 0 Å². The van der Waals surface area contributed by atoms with E-state index in [1.165, 1.54) is 7.11 Å². The highest BCUT2D eigenvalue weighted by molar-refractivity contribution is 5.86. The van der Waals surface area contributed by atoms with Crippen molar-refractivity contribution >= 4 is 17.7 Å². The molecule has 8 heteroatoms. The molecule has 0 saturated heterocycles. The van der Waals surface area contributed by atoms with Crippen LogP contribution in [0.4, 0.5) is 0 Å². The Kier molecular flexibility index (Phi) is 9.59. The van der Waals surface area contributed by atoms with Gasteiger partial charge in [0.2, 0.25) is 17.7 Å². The normalized spacial score (nSPS) is 16.1. The first-order valence-corrected chi connectivity index (χ1v) is 10.1. The summed E-state index contributed by atoms with van der Waals surface area (Å²) >= 11 is 0. The van der Waals surface area contributed by atoms with Crippen molar-refractivity contribution in [1.29, 1.82) is 0 Å². The zero-order valence-electron chi connectivity index (χ0n) is 16.9. The summed E-state index contributed by atoms with van der Waals surface area (Å²) < 4.78 is 5.13. The second kappa shape index (κ2) is 12.2. The van der Waals surface area contributed by atoms with Gasteiger partial charge in [-0.2, -0.15) is 0 Å². The molecule has 29 heavy (non-hydrogen) atoms. The molecule has 0 bridgehead atoms. The van der Waals surface area contributed by atoms with Crippen LogP contribution in [0.15, 0.2) is 30.3 Å². The summed E-state index contributed by atoms with van der Waals surface area (Å²) in [6.45, 7) is 0.267. The smallest absolute Gasteiger partial charge is 0.249 e. The van der Waals surface area contributed by atoms with E-state index in [0.29, 0.717) is 6.54 Å². The maximum atomic E-state index is 12.2. The number of ether oxygens (including phenoxy) is 1. The van der Waals surface area contributed by atoms with Crippen LogP contribution in [-0.4, -0.2) is 55.2 Å². The summed E-state index contributed by atoms with van der Waals surface area (Å²) in [5.41, 5.74) is 0.963. The van der Waals surface area contributed by atoms with Crippen molar-refractivity contribution in [2.45, 2.75) is 50.9 Å². The van der Waals surface area contributed by atoms with E-state index in [0.717, 1.165) is 31.2 Å². The molecular weight excluding hydrogens is 374 g/mol. The Bertz CT molecular complexity index is 662. The van der Waals surface area contributed by atoms with Gasteiger partial charge in [0.1, 0.15) is 6.10 Å². The minimum Gasteiger partial charge on any atom is -0.391 e. The molecule has 1 fully saturated rings. The van der Waals surface area contributed by atoms with E-state index in [2.05, 4.69) is 16.0 Å². The fourth-order valence-corrected chi connectivity index (χ4v) is 3.33. The number of carbonyl (C=O) groups excluding carboxylic acids is 3. The summed E-state index contributed by atoms with van der Waals surface area (Å²) in [6, 6.07) is 9.45. The minimum atomic E-state index is -0.914. The van der Waals surface area contributed by atoms with Crippen LogP contribution >= 0.6 is 0 Å². The molecule has 2 atom stereocenters. The Balaban J connectivity index is 1.66. The molecule has 1 saturated carbocycles. The van der Waals surface area contributed by atoms with Gasteiger partial charge < -0.3 is 25.8 Å². The Morgan fingerprint density at radius 1 is 1.10 bits per heavy atom. The number of carbonyl (C=O) groups is 3. The van der Waals surface area contributed by atoms with Crippen molar-refractivity contribution in [1.82, 2.24) is 16.0 Å². The third-order valence-corrected chi connectivity index (χ3v) is 5.06. The maximum absolute atomic E-state index is 12.2. The summed E-state index contributed by atoms with van der Waals surface area (Å²) in [7, 11) is 1.36. The van der Waals surface area contributed by atoms with E-state index in [1.54, 1.807) is 0 Å². The number of nitrogens with one attached hydrogen (secondary N) is 3. The van der Waals surface area contributed by atoms with Gasteiger partial charge in [-0.3, -0.25) is 14.4 Å². The molecule has 160 valence electrons. The number of hydrogen-bond acceptors (Lipinski definition) is 5. The molecule has 8 nitrogen and oxygen atoms in total. The number of aliphatic hydroxyl groups excluding tert-OH is 1. The van der Waals surface area contributed by atoms with E-state index < -0.39 is 18.1 Å². The summed E-state index contributed by atoms with van der Waals surface area (Å²) in [5, 5.41) is 18.1. The molecule has 0 radical (unpaired) electrons. The van der Waals surface area contributed by atoms with Crippen molar-refractivity contribution in [3.8, 4) is 0 Å². The van der Waals surface area contributed by atoms with Gasteiger partial charge in [0.25, 0.3) is 0 Å². The number of hydrogen-bond donors (Lipinski definition) is 4. The van der Waals surface area contributed by atoms with Gasteiger partial charge in [-0.15, -0.1) is 0 Å². The van der Waals surface area contributed by atoms with Crippen LogP contribution < -0.4 is 16.0 Å². The number of rotatable bonds is 11. The van der Waals surface area contributed by atoms with Gasteiger partial charge in [0.15, 0.2) is 0 Å². The van der Waals surface area contributed by atoms with E-state index in [1.807, 2.05) is 30.3 Å². The van der Waals surface area contributed by atoms with Crippen molar-refractivity contribution < 1.29 is 24.2 Å². The Labute approximate surface area is 171 Å². The fourth-order valence-electron chi connectivity index (χ4n) is 3.33. The number of aliphatic hydroxyl groups is 1. The highest BCUT2D eigenvalue weighted by Crippen LogP contribution is 2.24. The van der Waals surface area contributed by atoms with E-state index in [4.69, 9.17) is 4.74 Å². The lowest BCUT2D eigenvalue weighted by molar-refractivity contribution is -0.134. The molecule has 1 unspecified atom stereocenters. The maximum Gasteiger partial charge on any atom is 0.249 e. The van der Waals surface area contributed by atoms with Crippen LogP contribution in [0, 0.1) is 5.92 Å². The zero-order chi connectivity index (χ0) is 21.1. The lowest BCUT2D eigenvalue weighted by atomic mass is 10.1. The van der Waals surface area contributed by atoms with Crippen molar-refractivity contribution in [2.24, 2.45) is 5.92 Å². The molecule has 1 aromatic carbocycles.